The molecule has 0 N–H and O–H groups in total. The summed E-state index contributed by atoms with van der Waals surface area (Å²) in [5.41, 5.74) is 4.68. The van der Waals surface area contributed by atoms with Gasteiger partial charge in [-0.25, -0.2) is 0 Å². The van der Waals surface area contributed by atoms with Gasteiger partial charge in [-0.15, -0.1) is 0 Å². The van der Waals surface area contributed by atoms with Gasteiger partial charge in [0, 0.05) is 35.6 Å². The Balaban J connectivity index is 2.17. The van der Waals surface area contributed by atoms with Gasteiger partial charge in [0.1, 0.15) is 0 Å². The minimum Gasteiger partial charge on any atom is -0.347 e. The number of ketones is 1. The molecule has 0 spiro atoms. The number of rotatable bonds is 1. The summed E-state index contributed by atoms with van der Waals surface area (Å²) in [6.45, 7) is 2.12. The lowest BCUT2D eigenvalue weighted by Gasteiger charge is -2.12. The molecule has 1 aromatic carbocycles. The molecule has 0 radical (unpaired) electrons. The lowest BCUT2D eigenvalue weighted by Crippen LogP contribution is -2.08. The molecule has 2 heteroatoms. The maximum absolute atomic E-state index is 12.0. The van der Waals surface area contributed by atoms with Crippen LogP contribution in [0.4, 0.5) is 0 Å². The average molecular weight is 253 g/mol. The number of aryl methyl sites for hydroxylation is 1. The predicted octanol–water partition coefficient (Wildman–Crippen LogP) is 4.01. The van der Waals surface area contributed by atoms with E-state index in [1.54, 1.807) is 0 Å². The molecule has 98 valence electrons. The molecule has 0 bridgehead atoms. The van der Waals surface area contributed by atoms with Gasteiger partial charge in [0.05, 0.1) is 0 Å². The van der Waals surface area contributed by atoms with Crippen LogP contribution in [0, 0.1) is 6.92 Å². The molecule has 19 heavy (non-hydrogen) atoms. The van der Waals surface area contributed by atoms with E-state index in [2.05, 4.69) is 48.9 Å². The highest BCUT2D eigenvalue weighted by Crippen LogP contribution is 2.29. The standard InChI is InChI=1S/C17H19NO/c1-12-15(11-13-7-3-6-10-17(13)19)14-8-4-5-9-16(14)18(12)2/h4-5,8-9,11H,3,6-7,10H2,1-2H3/b13-11+. The number of carbonyl (C=O) groups is 1. The molecule has 0 amide bonds. The lowest BCUT2D eigenvalue weighted by atomic mass is 9.91. The van der Waals surface area contributed by atoms with Gasteiger partial charge < -0.3 is 4.57 Å². The molecule has 1 aliphatic rings. The van der Waals surface area contributed by atoms with E-state index in [4.69, 9.17) is 0 Å². The summed E-state index contributed by atoms with van der Waals surface area (Å²) in [6, 6.07) is 8.39. The number of hydrogen-bond acceptors (Lipinski definition) is 1. The van der Waals surface area contributed by atoms with Crippen molar-refractivity contribution in [3.05, 3.63) is 41.1 Å². The van der Waals surface area contributed by atoms with Gasteiger partial charge in [-0.05, 0) is 43.9 Å². The molecular formula is C17H19NO. The molecule has 0 aliphatic heterocycles. The van der Waals surface area contributed by atoms with Crippen molar-refractivity contribution in [3.8, 4) is 0 Å². The number of hydrogen-bond donors (Lipinski definition) is 0. The van der Waals surface area contributed by atoms with E-state index < -0.39 is 0 Å². The third-order valence-corrected chi connectivity index (χ3v) is 4.23. The zero-order chi connectivity index (χ0) is 13.4. The van der Waals surface area contributed by atoms with Gasteiger partial charge in [0.2, 0.25) is 0 Å². The van der Waals surface area contributed by atoms with E-state index in [-0.39, 0.29) is 0 Å². The second-order valence-electron chi connectivity index (χ2n) is 5.38. The Kier molecular flexibility index (Phi) is 3.02. The summed E-state index contributed by atoms with van der Waals surface area (Å²) in [6.07, 6.45) is 5.96. The topological polar surface area (TPSA) is 22.0 Å². The Morgan fingerprint density at radius 1 is 1.16 bits per heavy atom. The zero-order valence-electron chi connectivity index (χ0n) is 11.6. The van der Waals surface area contributed by atoms with Crippen LogP contribution in [0.3, 0.4) is 0 Å². The normalized spacial score (nSPS) is 18.4. The van der Waals surface area contributed by atoms with Crippen LogP contribution in [0.1, 0.15) is 36.9 Å². The highest BCUT2D eigenvalue weighted by molar-refractivity contribution is 6.03. The van der Waals surface area contributed by atoms with Crippen molar-refractivity contribution < 1.29 is 4.79 Å². The number of para-hydroxylation sites is 1. The average Bonchev–Trinajstić information content (AvgIpc) is 2.67. The smallest absolute Gasteiger partial charge is 0.158 e. The molecule has 1 aromatic heterocycles. The maximum Gasteiger partial charge on any atom is 0.158 e. The number of allylic oxidation sites excluding steroid dienone is 1. The van der Waals surface area contributed by atoms with Gasteiger partial charge in [-0.3, -0.25) is 4.79 Å². The van der Waals surface area contributed by atoms with Crippen LogP contribution in [0.15, 0.2) is 29.8 Å². The minimum absolute atomic E-state index is 0.332. The number of fused-ring (bicyclic) bond motifs is 1. The fourth-order valence-corrected chi connectivity index (χ4v) is 2.96. The monoisotopic (exact) mass is 253 g/mol. The van der Waals surface area contributed by atoms with Crippen LogP contribution in [-0.4, -0.2) is 10.4 Å². The van der Waals surface area contributed by atoms with Crippen molar-refractivity contribution in [2.24, 2.45) is 7.05 Å². The number of Topliss-reactive ketones (excluding diaryl/α,β-unsaturated/α-hetero) is 1. The molecule has 0 atom stereocenters. The van der Waals surface area contributed by atoms with Crippen LogP contribution >= 0.6 is 0 Å². The van der Waals surface area contributed by atoms with E-state index >= 15 is 0 Å². The van der Waals surface area contributed by atoms with Crippen molar-refractivity contribution in [3.63, 3.8) is 0 Å². The molecule has 0 saturated heterocycles. The highest BCUT2D eigenvalue weighted by atomic mass is 16.1. The maximum atomic E-state index is 12.0. The second-order valence-corrected chi connectivity index (χ2v) is 5.38. The Morgan fingerprint density at radius 3 is 2.68 bits per heavy atom. The van der Waals surface area contributed by atoms with Crippen molar-refractivity contribution in [1.29, 1.82) is 0 Å². The van der Waals surface area contributed by atoms with Gasteiger partial charge in [0.25, 0.3) is 0 Å². The highest BCUT2D eigenvalue weighted by Gasteiger charge is 2.17. The van der Waals surface area contributed by atoms with Crippen LogP contribution in [0.5, 0.6) is 0 Å². The van der Waals surface area contributed by atoms with Crippen LogP contribution < -0.4 is 0 Å². The van der Waals surface area contributed by atoms with Gasteiger partial charge in [-0.1, -0.05) is 18.2 Å². The van der Waals surface area contributed by atoms with E-state index in [1.165, 1.54) is 22.2 Å². The SMILES string of the molecule is Cc1c(/C=C2\CCCCC2=O)c2ccccc2n1C. The van der Waals surface area contributed by atoms with Gasteiger partial charge in [0.15, 0.2) is 5.78 Å². The molecule has 3 rings (SSSR count). The molecule has 1 aliphatic carbocycles. The molecule has 2 nitrogen and oxygen atoms in total. The van der Waals surface area contributed by atoms with E-state index in [0.29, 0.717) is 5.78 Å². The summed E-state index contributed by atoms with van der Waals surface area (Å²) in [5.74, 6) is 0.332. The van der Waals surface area contributed by atoms with Crippen LogP contribution in [0.2, 0.25) is 0 Å². The second kappa shape index (κ2) is 4.69. The Labute approximate surface area is 113 Å². The summed E-state index contributed by atoms with van der Waals surface area (Å²) in [5, 5.41) is 1.24. The van der Waals surface area contributed by atoms with Crippen LogP contribution in [-0.2, 0) is 11.8 Å². The quantitative estimate of drug-likeness (QED) is 0.704. The van der Waals surface area contributed by atoms with Gasteiger partial charge >= 0.3 is 0 Å². The fraction of sp³-hybridized carbons (Fsp3) is 0.353. The van der Waals surface area contributed by atoms with E-state index in [0.717, 1.165) is 31.3 Å². The third kappa shape index (κ3) is 2.01. The minimum atomic E-state index is 0.332. The van der Waals surface area contributed by atoms with Crippen molar-refractivity contribution in [2.45, 2.75) is 32.6 Å². The zero-order valence-corrected chi connectivity index (χ0v) is 11.6. The number of aromatic nitrogens is 1. The summed E-state index contributed by atoms with van der Waals surface area (Å²) < 4.78 is 2.20. The first-order chi connectivity index (χ1) is 9.18. The van der Waals surface area contributed by atoms with Crippen molar-refractivity contribution in [1.82, 2.24) is 4.57 Å². The molecule has 0 unspecified atom stereocenters. The Bertz CT molecular complexity index is 676. The fourth-order valence-electron chi connectivity index (χ4n) is 2.96. The largest absolute Gasteiger partial charge is 0.347 e. The molecule has 1 heterocycles. The number of carbonyl (C=O) groups excluding carboxylic acids is 1. The summed E-state index contributed by atoms with van der Waals surface area (Å²) in [4.78, 5) is 12.0. The predicted molar refractivity (Wildman–Crippen MR) is 79.1 cm³/mol. The van der Waals surface area contributed by atoms with E-state index in [1.807, 2.05) is 0 Å². The molecule has 1 saturated carbocycles. The lowest BCUT2D eigenvalue weighted by molar-refractivity contribution is -0.116. The Hall–Kier alpha value is -1.83. The molecule has 2 aromatic rings. The first-order valence-electron chi connectivity index (χ1n) is 6.96. The first kappa shape index (κ1) is 12.2. The number of nitrogens with zero attached hydrogens (tertiary/aromatic N) is 1. The first-order valence-corrected chi connectivity index (χ1v) is 6.96. The Morgan fingerprint density at radius 2 is 1.89 bits per heavy atom. The molecule has 1 fully saturated rings. The van der Waals surface area contributed by atoms with Crippen LogP contribution in [0.25, 0.3) is 17.0 Å². The summed E-state index contributed by atoms with van der Waals surface area (Å²) in [7, 11) is 2.09. The molecular weight excluding hydrogens is 234 g/mol. The number of benzene rings is 1. The van der Waals surface area contributed by atoms with Crippen molar-refractivity contribution >= 4 is 22.8 Å². The third-order valence-electron chi connectivity index (χ3n) is 4.23. The summed E-state index contributed by atoms with van der Waals surface area (Å²) >= 11 is 0. The van der Waals surface area contributed by atoms with Gasteiger partial charge in [-0.2, -0.15) is 0 Å². The van der Waals surface area contributed by atoms with Crippen molar-refractivity contribution in [2.75, 3.05) is 0 Å². The van der Waals surface area contributed by atoms with E-state index in [9.17, 15) is 4.79 Å².